The molecule has 0 aromatic heterocycles. The van der Waals surface area contributed by atoms with Crippen molar-refractivity contribution in [3.8, 4) is 0 Å². The van der Waals surface area contributed by atoms with Gasteiger partial charge in [0.25, 0.3) is 0 Å². The molecule has 1 aliphatic carbocycles. The zero-order chi connectivity index (χ0) is 12.5. The van der Waals surface area contributed by atoms with Crippen LogP contribution in [0.2, 0.25) is 0 Å². The Balaban J connectivity index is 2.45. The number of hydrogen-bond acceptors (Lipinski definition) is 0. The highest BCUT2D eigenvalue weighted by Gasteiger charge is 2.34. The highest BCUT2D eigenvalue weighted by atomic mass is 35.5. The summed E-state index contributed by atoms with van der Waals surface area (Å²) >= 11 is 5.97. The highest BCUT2D eigenvalue weighted by molar-refractivity contribution is 6.22. The maximum absolute atomic E-state index is 12.8. The molecule has 0 N–H and O–H groups in total. The maximum Gasteiger partial charge on any atom is 0.416 e. The lowest BCUT2D eigenvalue weighted by atomic mass is 9.90. The fourth-order valence-electron chi connectivity index (χ4n) is 2.11. The summed E-state index contributed by atoms with van der Waals surface area (Å²) < 4.78 is 38.5. The Hall–Kier alpha value is -0.960. The average molecular weight is 261 g/mol. The molecule has 17 heavy (non-hydrogen) atoms. The van der Waals surface area contributed by atoms with Gasteiger partial charge in [-0.15, -0.1) is 11.6 Å². The fraction of sp³-hybridized carbons (Fsp3) is 0.385. The first kappa shape index (κ1) is 12.5. The molecule has 0 heterocycles. The lowest BCUT2D eigenvalue weighted by Gasteiger charge is -2.20. The van der Waals surface area contributed by atoms with Gasteiger partial charge in [-0.25, -0.2) is 0 Å². The van der Waals surface area contributed by atoms with Crippen LogP contribution in [0.15, 0.2) is 30.3 Å². The average Bonchev–Trinajstić information content (AvgIpc) is 2.28. The predicted octanol–water partition coefficient (Wildman–Crippen LogP) is 4.88. The standard InChI is InChI=1S/C13H12ClF3/c14-10-5-3-4-9(8-10)11-6-1-2-7-12(11)13(15,16)17/h1-2,6-8,10H,3-5H2. The van der Waals surface area contributed by atoms with Crippen LogP contribution in [0.5, 0.6) is 0 Å². The molecular weight excluding hydrogens is 249 g/mol. The maximum atomic E-state index is 12.8. The molecule has 1 aromatic carbocycles. The van der Waals surface area contributed by atoms with E-state index in [2.05, 4.69) is 0 Å². The number of alkyl halides is 4. The van der Waals surface area contributed by atoms with Crippen molar-refractivity contribution in [2.45, 2.75) is 30.8 Å². The van der Waals surface area contributed by atoms with Gasteiger partial charge in [0.2, 0.25) is 0 Å². The van der Waals surface area contributed by atoms with Crippen molar-refractivity contribution in [1.82, 2.24) is 0 Å². The van der Waals surface area contributed by atoms with Crippen molar-refractivity contribution in [3.05, 3.63) is 41.5 Å². The molecule has 0 saturated carbocycles. The van der Waals surface area contributed by atoms with Crippen molar-refractivity contribution in [2.75, 3.05) is 0 Å². The predicted molar refractivity (Wildman–Crippen MR) is 62.9 cm³/mol. The van der Waals surface area contributed by atoms with E-state index < -0.39 is 11.7 Å². The minimum atomic E-state index is -4.31. The summed E-state index contributed by atoms with van der Waals surface area (Å²) in [6, 6.07) is 5.68. The molecule has 0 saturated heterocycles. The Bertz CT molecular complexity index is 435. The third-order valence-electron chi connectivity index (χ3n) is 2.89. The molecule has 1 aromatic rings. The number of rotatable bonds is 1. The Morgan fingerprint density at radius 3 is 2.53 bits per heavy atom. The van der Waals surface area contributed by atoms with Gasteiger partial charge >= 0.3 is 6.18 Å². The van der Waals surface area contributed by atoms with E-state index in [1.54, 1.807) is 12.1 Å². The summed E-state index contributed by atoms with van der Waals surface area (Å²) in [5, 5.41) is -0.153. The third kappa shape index (κ3) is 2.83. The van der Waals surface area contributed by atoms with E-state index in [1.807, 2.05) is 0 Å². The van der Waals surface area contributed by atoms with Gasteiger partial charge in [-0.2, -0.15) is 13.2 Å². The molecule has 92 valence electrons. The Morgan fingerprint density at radius 2 is 1.88 bits per heavy atom. The van der Waals surface area contributed by atoms with E-state index >= 15 is 0 Å². The van der Waals surface area contributed by atoms with Crippen LogP contribution in [0.1, 0.15) is 30.4 Å². The lowest BCUT2D eigenvalue weighted by molar-refractivity contribution is -0.137. The van der Waals surface area contributed by atoms with Gasteiger partial charge in [0, 0.05) is 0 Å². The van der Waals surface area contributed by atoms with E-state index in [9.17, 15) is 13.2 Å². The van der Waals surface area contributed by atoms with E-state index in [0.29, 0.717) is 12.0 Å². The molecule has 1 unspecified atom stereocenters. The Morgan fingerprint density at radius 1 is 1.18 bits per heavy atom. The zero-order valence-electron chi connectivity index (χ0n) is 9.10. The molecule has 0 bridgehead atoms. The Labute approximate surface area is 103 Å². The summed E-state index contributed by atoms with van der Waals surface area (Å²) in [6.45, 7) is 0. The second kappa shape index (κ2) is 4.73. The molecule has 4 heteroatoms. The summed E-state index contributed by atoms with van der Waals surface area (Å²) in [5.41, 5.74) is 0.409. The molecule has 0 aliphatic heterocycles. The van der Waals surface area contributed by atoms with Crippen LogP contribution in [0.3, 0.4) is 0 Å². The first-order valence-electron chi connectivity index (χ1n) is 5.50. The van der Waals surface area contributed by atoms with Gasteiger partial charge < -0.3 is 0 Å². The number of allylic oxidation sites excluding steroid dienone is 2. The number of hydrogen-bond donors (Lipinski definition) is 0. The Kier molecular flexibility index (Phi) is 3.48. The third-order valence-corrected chi connectivity index (χ3v) is 3.23. The summed E-state index contributed by atoms with van der Waals surface area (Å²) in [7, 11) is 0. The van der Waals surface area contributed by atoms with Crippen LogP contribution in [0.4, 0.5) is 13.2 Å². The van der Waals surface area contributed by atoms with E-state index in [1.165, 1.54) is 12.1 Å². The zero-order valence-corrected chi connectivity index (χ0v) is 9.85. The molecule has 0 nitrogen and oxygen atoms in total. The lowest BCUT2D eigenvalue weighted by Crippen LogP contribution is -2.11. The van der Waals surface area contributed by atoms with Crippen molar-refractivity contribution < 1.29 is 13.2 Å². The van der Waals surface area contributed by atoms with Crippen LogP contribution in [0, 0.1) is 0 Å². The quantitative estimate of drug-likeness (QED) is 0.631. The molecule has 1 aliphatic rings. The molecule has 1 atom stereocenters. The van der Waals surface area contributed by atoms with Gasteiger partial charge in [0.05, 0.1) is 10.9 Å². The second-order valence-electron chi connectivity index (χ2n) is 4.14. The first-order valence-corrected chi connectivity index (χ1v) is 5.93. The van der Waals surface area contributed by atoms with E-state index in [0.717, 1.165) is 18.9 Å². The van der Waals surface area contributed by atoms with E-state index in [-0.39, 0.29) is 10.9 Å². The number of halogens is 4. The monoisotopic (exact) mass is 260 g/mol. The molecular formula is C13H12ClF3. The van der Waals surface area contributed by atoms with Gasteiger partial charge in [-0.05, 0) is 36.5 Å². The minimum absolute atomic E-state index is 0.153. The van der Waals surface area contributed by atoms with Crippen molar-refractivity contribution in [1.29, 1.82) is 0 Å². The smallest absolute Gasteiger partial charge is 0.166 e. The van der Waals surface area contributed by atoms with Gasteiger partial charge in [-0.1, -0.05) is 24.3 Å². The largest absolute Gasteiger partial charge is 0.416 e. The topological polar surface area (TPSA) is 0 Å². The van der Waals surface area contributed by atoms with Gasteiger partial charge in [-0.3, -0.25) is 0 Å². The van der Waals surface area contributed by atoms with Crippen LogP contribution in [-0.2, 0) is 6.18 Å². The first-order chi connectivity index (χ1) is 7.98. The molecule has 2 rings (SSSR count). The summed E-state index contributed by atoms with van der Waals surface area (Å²) in [5.74, 6) is 0. The highest BCUT2D eigenvalue weighted by Crippen LogP contribution is 2.38. The number of benzene rings is 1. The van der Waals surface area contributed by atoms with Crippen molar-refractivity contribution in [3.63, 3.8) is 0 Å². The molecule has 0 fully saturated rings. The van der Waals surface area contributed by atoms with Gasteiger partial charge in [0.15, 0.2) is 0 Å². The molecule has 0 amide bonds. The van der Waals surface area contributed by atoms with Gasteiger partial charge in [0.1, 0.15) is 0 Å². The van der Waals surface area contributed by atoms with Crippen molar-refractivity contribution in [2.24, 2.45) is 0 Å². The van der Waals surface area contributed by atoms with Crippen LogP contribution < -0.4 is 0 Å². The van der Waals surface area contributed by atoms with Crippen LogP contribution in [-0.4, -0.2) is 5.38 Å². The fourth-order valence-corrected chi connectivity index (χ4v) is 2.41. The van der Waals surface area contributed by atoms with Crippen LogP contribution >= 0.6 is 11.6 Å². The van der Waals surface area contributed by atoms with Crippen LogP contribution in [0.25, 0.3) is 5.57 Å². The SMILES string of the molecule is FC(F)(F)c1ccccc1C1=CC(Cl)CCC1. The molecule has 0 radical (unpaired) electrons. The summed E-state index contributed by atoms with van der Waals surface area (Å²) in [4.78, 5) is 0. The summed E-state index contributed by atoms with van der Waals surface area (Å²) in [6.07, 6.45) is -0.228. The van der Waals surface area contributed by atoms with Crippen molar-refractivity contribution >= 4 is 17.2 Å². The normalized spacial score (nSPS) is 21.2. The minimum Gasteiger partial charge on any atom is -0.166 e. The molecule has 0 spiro atoms. The second-order valence-corrected chi connectivity index (χ2v) is 4.70. The van der Waals surface area contributed by atoms with E-state index in [4.69, 9.17) is 11.6 Å².